The maximum atomic E-state index is 12.7. The van der Waals surface area contributed by atoms with Crippen molar-refractivity contribution in [2.24, 2.45) is 0 Å². The second-order valence-corrected chi connectivity index (χ2v) is 6.83. The minimum absolute atomic E-state index is 0.0800. The van der Waals surface area contributed by atoms with Crippen LogP contribution in [0.1, 0.15) is 39.1 Å². The average Bonchev–Trinajstić information content (AvgIpc) is 2.81. The van der Waals surface area contributed by atoms with Crippen molar-refractivity contribution in [1.29, 1.82) is 0 Å². The Balaban J connectivity index is 1.80. The molecule has 0 bridgehead atoms. The predicted octanol–water partition coefficient (Wildman–Crippen LogP) is 2.35. The van der Waals surface area contributed by atoms with Gasteiger partial charge < -0.3 is 19.7 Å². The van der Waals surface area contributed by atoms with Crippen LogP contribution in [0.2, 0.25) is 0 Å². The van der Waals surface area contributed by atoms with Crippen LogP contribution in [0.3, 0.4) is 0 Å². The van der Waals surface area contributed by atoms with E-state index in [2.05, 4.69) is 6.58 Å². The van der Waals surface area contributed by atoms with E-state index in [0.717, 1.165) is 6.08 Å². The number of hydrogen-bond donors (Lipinski definition) is 2. The van der Waals surface area contributed by atoms with Crippen molar-refractivity contribution in [2.45, 2.75) is 25.0 Å². The molecule has 2 rings (SSSR count). The Morgan fingerprint density at radius 1 is 0.935 bits per heavy atom. The van der Waals surface area contributed by atoms with Crippen molar-refractivity contribution in [3.8, 4) is 0 Å². The molecule has 0 aliphatic carbocycles. The van der Waals surface area contributed by atoms with E-state index in [0.29, 0.717) is 12.0 Å². The third-order valence-electron chi connectivity index (χ3n) is 4.44. The molecule has 7 heteroatoms. The predicted molar refractivity (Wildman–Crippen MR) is 114 cm³/mol. The highest BCUT2D eigenvalue weighted by molar-refractivity contribution is 6.14. The van der Waals surface area contributed by atoms with Crippen molar-refractivity contribution < 1.29 is 34.1 Å². The Kier molecular flexibility index (Phi) is 9.77. The molecule has 2 aromatic rings. The molecule has 31 heavy (non-hydrogen) atoms. The van der Waals surface area contributed by atoms with Gasteiger partial charge in [-0.3, -0.25) is 9.59 Å². The van der Waals surface area contributed by atoms with Crippen LogP contribution in [-0.4, -0.2) is 59.8 Å². The zero-order valence-corrected chi connectivity index (χ0v) is 17.1. The minimum atomic E-state index is -1.11. The summed E-state index contributed by atoms with van der Waals surface area (Å²) >= 11 is 0. The Labute approximate surface area is 180 Å². The molecule has 0 aliphatic rings. The number of carbonyl (C=O) groups excluding carboxylic acids is 3. The van der Waals surface area contributed by atoms with E-state index in [1.165, 1.54) is 6.07 Å². The molecule has 0 aliphatic heterocycles. The zero-order chi connectivity index (χ0) is 22.6. The molecule has 0 amide bonds. The van der Waals surface area contributed by atoms with E-state index in [9.17, 15) is 24.6 Å². The number of carbonyl (C=O) groups is 3. The van der Waals surface area contributed by atoms with Gasteiger partial charge in [0, 0.05) is 17.7 Å². The molecule has 0 heterocycles. The molecule has 2 aromatic carbocycles. The van der Waals surface area contributed by atoms with Crippen LogP contribution in [0, 0.1) is 0 Å². The molecular weight excluding hydrogens is 400 g/mol. The summed E-state index contributed by atoms with van der Waals surface area (Å²) in [6.45, 7) is 3.14. The van der Waals surface area contributed by atoms with Crippen molar-refractivity contribution in [3.05, 3.63) is 83.9 Å². The summed E-state index contributed by atoms with van der Waals surface area (Å²) < 4.78 is 10.4. The Morgan fingerprint density at radius 3 is 2.26 bits per heavy atom. The zero-order valence-electron chi connectivity index (χ0n) is 17.1. The van der Waals surface area contributed by atoms with Crippen LogP contribution < -0.4 is 0 Å². The maximum absolute atomic E-state index is 12.7. The van der Waals surface area contributed by atoms with Gasteiger partial charge in [-0.2, -0.15) is 0 Å². The second kappa shape index (κ2) is 12.5. The number of esters is 1. The lowest BCUT2D eigenvalue weighted by atomic mass is 9.98. The molecular formula is C24H26O7. The van der Waals surface area contributed by atoms with Gasteiger partial charge in [0.2, 0.25) is 0 Å². The lowest BCUT2D eigenvalue weighted by molar-refractivity contribution is -0.122. The number of hydrogen-bond acceptors (Lipinski definition) is 7. The van der Waals surface area contributed by atoms with E-state index in [4.69, 9.17) is 9.47 Å². The summed E-state index contributed by atoms with van der Waals surface area (Å²) in [6, 6.07) is 14.9. The SMILES string of the molecule is C=CC(=O)C(O)CCCOCC(O)COC(=O)c1ccccc1C(=O)c1ccccc1. The first-order valence-electron chi connectivity index (χ1n) is 9.90. The largest absolute Gasteiger partial charge is 0.459 e. The molecule has 0 fully saturated rings. The van der Waals surface area contributed by atoms with Gasteiger partial charge in [0.25, 0.3) is 0 Å². The number of ether oxygens (including phenoxy) is 2. The van der Waals surface area contributed by atoms with Gasteiger partial charge in [-0.1, -0.05) is 55.1 Å². The standard InChI is InChI=1S/C24H26O7/c1-2-21(26)22(27)13-8-14-30-15-18(25)16-31-24(29)20-12-7-6-11-19(20)23(28)17-9-4-3-5-10-17/h2-7,9-12,18,22,25,27H,1,8,13-16H2. The van der Waals surface area contributed by atoms with Crippen LogP contribution in [0.5, 0.6) is 0 Å². The van der Waals surface area contributed by atoms with Gasteiger partial charge in [0.15, 0.2) is 11.6 Å². The molecule has 7 nitrogen and oxygen atoms in total. The van der Waals surface area contributed by atoms with Crippen molar-refractivity contribution >= 4 is 17.5 Å². The topological polar surface area (TPSA) is 110 Å². The molecule has 2 unspecified atom stereocenters. The van der Waals surface area contributed by atoms with Crippen LogP contribution in [0.25, 0.3) is 0 Å². The maximum Gasteiger partial charge on any atom is 0.338 e. The fourth-order valence-corrected chi connectivity index (χ4v) is 2.78. The summed E-state index contributed by atoms with van der Waals surface area (Å²) in [5, 5.41) is 19.5. The summed E-state index contributed by atoms with van der Waals surface area (Å²) in [7, 11) is 0. The monoisotopic (exact) mass is 426 g/mol. The molecule has 2 atom stereocenters. The summed E-state index contributed by atoms with van der Waals surface area (Å²) in [5.41, 5.74) is 0.790. The van der Waals surface area contributed by atoms with Crippen LogP contribution in [0.4, 0.5) is 0 Å². The van der Waals surface area contributed by atoms with Crippen molar-refractivity contribution in [1.82, 2.24) is 0 Å². The first-order chi connectivity index (χ1) is 14.9. The molecule has 0 saturated carbocycles. The second-order valence-electron chi connectivity index (χ2n) is 6.83. The first kappa shape index (κ1) is 24.1. The number of aliphatic hydroxyl groups is 2. The quantitative estimate of drug-likeness (QED) is 0.219. The van der Waals surface area contributed by atoms with Crippen LogP contribution in [0.15, 0.2) is 67.3 Å². The Morgan fingerprint density at radius 2 is 1.58 bits per heavy atom. The van der Waals surface area contributed by atoms with Gasteiger partial charge in [0.1, 0.15) is 18.8 Å². The van der Waals surface area contributed by atoms with Crippen molar-refractivity contribution in [3.63, 3.8) is 0 Å². The van der Waals surface area contributed by atoms with Crippen molar-refractivity contribution in [2.75, 3.05) is 19.8 Å². The highest BCUT2D eigenvalue weighted by Crippen LogP contribution is 2.16. The van der Waals surface area contributed by atoms with Gasteiger partial charge in [-0.15, -0.1) is 0 Å². The Bertz CT molecular complexity index is 892. The highest BCUT2D eigenvalue weighted by atomic mass is 16.5. The van der Waals surface area contributed by atoms with E-state index < -0.39 is 24.0 Å². The summed E-state index contributed by atoms with van der Waals surface area (Å²) in [5.74, 6) is -1.46. The normalized spacial score (nSPS) is 12.6. The third kappa shape index (κ3) is 7.57. The summed E-state index contributed by atoms with van der Waals surface area (Å²) in [4.78, 5) is 36.3. The number of rotatable bonds is 13. The highest BCUT2D eigenvalue weighted by Gasteiger charge is 2.20. The van der Waals surface area contributed by atoms with Crippen LogP contribution in [-0.2, 0) is 14.3 Å². The fourth-order valence-electron chi connectivity index (χ4n) is 2.78. The fraction of sp³-hybridized carbons (Fsp3) is 0.292. The lowest BCUT2D eigenvalue weighted by Crippen LogP contribution is -2.25. The molecule has 0 aromatic heterocycles. The first-order valence-corrected chi connectivity index (χ1v) is 9.90. The number of ketones is 2. The van der Waals surface area contributed by atoms with E-state index >= 15 is 0 Å². The minimum Gasteiger partial charge on any atom is -0.459 e. The van der Waals surface area contributed by atoms with Crippen LogP contribution >= 0.6 is 0 Å². The summed E-state index contributed by atoms with van der Waals surface area (Å²) in [6.07, 6.45) is -0.453. The van der Waals surface area contributed by atoms with Gasteiger partial charge in [-0.05, 0) is 25.0 Å². The number of benzene rings is 2. The Hall–Kier alpha value is -3.13. The molecule has 164 valence electrons. The molecule has 0 radical (unpaired) electrons. The lowest BCUT2D eigenvalue weighted by Gasteiger charge is -2.13. The van der Waals surface area contributed by atoms with Gasteiger partial charge >= 0.3 is 5.97 Å². The van der Waals surface area contributed by atoms with Gasteiger partial charge in [-0.25, -0.2) is 4.79 Å². The van der Waals surface area contributed by atoms with E-state index in [-0.39, 0.29) is 43.2 Å². The molecule has 0 saturated heterocycles. The molecule has 2 N–H and O–H groups in total. The van der Waals surface area contributed by atoms with E-state index in [1.54, 1.807) is 48.5 Å². The van der Waals surface area contributed by atoms with E-state index in [1.807, 2.05) is 0 Å². The third-order valence-corrected chi connectivity index (χ3v) is 4.44. The smallest absolute Gasteiger partial charge is 0.338 e. The number of aliphatic hydroxyl groups excluding tert-OH is 2. The molecule has 0 spiro atoms. The van der Waals surface area contributed by atoms with Gasteiger partial charge in [0.05, 0.1) is 12.2 Å². The average molecular weight is 426 g/mol.